The highest BCUT2D eigenvalue weighted by Crippen LogP contribution is 2.44. The summed E-state index contributed by atoms with van der Waals surface area (Å²) in [4.78, 5) is 1.45. The smallest absolute Gasteiger partial charge is 0.191 e. The number of hydrogen-bond acceptors (Lipinski definition) is 1. The lowest BCUT2D eigenvalue weighted by atomic mass is 10.1. The minimum absolute atomic E-state index is 0.452. The van der Waals surface area contributed by atoms with Gasteiger partial charge in [0.25, 0.3) is 0 Å². The summed E-state index contributed by atoms with van der Waals surface area (Å²) in [6.45, 7) is 4.46. The van der Waals surface area contributed by atoms with Crippen LogP contribution in [0.1, 0.15) is 24.1 Å². The van der Waals surface area contributed by atoms with Crippen LogP contribution in [-0.4, -0.2) is 0 Å². The molecular weight excluding hydrogens is 238 g/mol. The fourth-order valence-electron chi connectivity index (χ4n) is 2.95. The van der Waals surface area contributed by atoms with Gasteiger partial charge in [-0.3, -0.25) is 0 Å². The first-order valence-electron chi connectivity index (χ1n) is 6.29. The van der Waals surface area contributed by atoms with E-state index in [2.05, 4.69) is 61.0 Å². The lowest BCUT2D eigenvalue weighted by Crippen LogP contribution is -2.35. The zero-order chi connectivity index (χ0) is 12.3. The molecule has 1 nitrogen and oxygen atoms in total. The molecule has 0 fully saturated rings. The van der Waals surface area contributed by atoms with Crippen LogP contribution in [0.2, 0.25) is 0 Å². The fraction of sp³-hybridized carbons (Fsp3) is 0.188. The van der Waals surface area contributed by atoms with Crippen molar-refractivity contribution >= 4 is 21.4 Å². The Hall–Kier alpha value is -1.67. The quantitative estimate of drug-likeness (QED) is 0.531. The van der Waals surface area contributed by atoms with E-state index in [1.807, 2.05) is 11.3 Å². The molecule has 2 heteroatoms. The SMILES string of the molecule is Cc1ccc2c3c(sc2c1)-c1cccc[n+]1C3C. The van der Waals surface area contributed by atoms with Gasteiger partial charge < -0.3 is 0 Å². The van der Waals surface area contributed by atoms with Crippen LogP contribution in [0.4, 0.5) is 0 Å². The maximum atomic E-state index is 2.38. The van der Waals surface area contributed by atoms with Gasteiger partial charge in [0, 0.05) is 29.1 Å². The first-order valence-corrected chi connectivity index (χ1v) is 7.11. The van der Waals surface area contributed by atoms with Crippen LogP contribution < -0.4 is 4.57 Å². The highest BCUT2D eigenvalue weighted by molar-refractivity contribution is 7.22. The van der Waals surface area contributed by atoms with Gasteiger partial charge in [-0.1, -0.05) is 12.1 Å². The molecular formula is C16H14NS+. The first kappa shape index (κ1) is 10.3. The van der Waals surface area contributed by atoms with Crippen molar-refractivity contribution in [2.24, 2.45) is 0 Å². The maximum Gasteiger partial charge on any atom is 0.223 e. The molecule has 3 heterocycles. The minimum Gasteiger partial charge on any atom is -0.191 e. The normalized spacial score (nSPS) is 16.9. The van der Waals surface area contributed by atoms with E-state index in [1.165, 1.54) is 31.8 Å². The highest BCUT2D eigenvalue weighted by atomic mass is 32.1. The van der Waals surface area contributed by atoms with Gasteiger partial charge in [0.15, 0.2) is 12.2 Å². The topological polar surface area (TPSA) is 3.88 Å². The summed E-state index contributed by atoms with van der Waals surface area (Å²) < 4.78 is 3.79. The third kappa shape index (κ3) is 1.19. The molecule has 4 rings (SSSR count). The number of pyridine rings is 1. The Labute approximate surface area is 110 Å². The van der Waals surface area contributed by atoms with Gasteiger partial charge in [0.2, 0.25) is 5.69 Å². The molecule has 0 bridgehead atoms. The Balaban J connectivity index is 2.12. The average Bonchev–Trinajstić information content (AvgIpc) is 2.87. The molecule has 0 aliphatic carbocycles. The predicted molar refractivity (Wildman–Crippen MR) is 76.0 cm³/mol. The van der Waals surface area contributed by atoms with Crippen LogP contribution in [0.25, 0.3) is 20.7 Å². The zero-order valence-corrected chi connectivity index (χ0v) is 11.3. The molecule has 0 saturated carbocycles. The number of benzene rings is 1. The number of hydrogen-bond donors (Lipinski definition) is 0. The first-order chi connectivity index (χ1) is 8.75. The van der Waals surface area contributed by atoms with Crippen molar-refractivity contribution in [2.75, 3.05) is 0 Å². The maximum absolute atomic E-state index is 2.38. The highest BCUT2D eigenvalue weighted by Gasteiger charge is 2.36. The number of fused-ring (bicyclic) bond motifs is 5. The van der Waals surface area contributed by atoms with Crippen molar-refractivity contribution < 1.29 is 4.57 Å². The van der Waals surface area contributed by atoms with Gasteiger partial charge in [-0.25, -0.2) is 0 Å². The molecule has 1 unspecified atom stereocenters. The lowest BCUT2D eigenvalue weighted by molar-refractivity contribution is -0.694. The Morgan fingerprint density at radius 3 is 2.94 bits per heavy atom. The van der Waals surface area contributed by atoms with E-state index in [4.69, 9.17) is 0 Å². The summed E-state index contributed by atoms with van der Waals surface area (Å²) in [5, 5.41) is 1.43. The molecule has 0 radical (unpaired) electrons. The summed E-state index contributed by atoms with van der Waals surface area (Å²) in [6.07, 6.45) is 2.19. The average molecular weight is 252 g/mol. The van der Waals surface area contributed by atoms with E-state index < -0.39 is 0 Å². The molecule has 3 aromatic rings. The largest absolute Gasteiger partial charge is 0.223 e. The molecule has 2 aromatic heterocycles. The van der Waals surface area contributed by atoms with Gasteiger partial charge in [-0.15, -0.1) is 11.3 Å². The standard InChI is InChI=1S/C16H14NS/c1-10-6-7-12-14(9-10)18-16-13-5-3-4-8-17(13)11(2)15(12)16/h3-9,11H,1-2H3/q+1. The molecule has 1 aliphatic heterocycles. The van der Waals surface area contributed by atoms with Crippen molar-refractivity contribution in [3.05, 3.63) is 53.7 Å². The van der Waals surface area contributed by atoms with Crippen LogP contribution in [-0.2, 0) is 0 Å². The van der Waals surface area contributed by atoms with Crippen molar-refractivity contribution in [1.29, 1.82) is 0 Å². The van der Waals surface area contributed by atoms with Crippen LogP contribution in [0.15, 0.2) is 42.6 Å². The molecule has 0 saturated heterocycles. The fourth-order valence-corrected chi connectivity index (χ4v) is 4.38. The number of aromatic nitrogens is 1. The lowest BCUT2D eigenvalue weighted by Gasteiger charge is -2.02. The van der Waals surface area contributed by atoms with Crippen LogP contribution in [0.3, 0.4) is 0 Å². The van der Waals surface area contributed by atoms with Gasteiger partial charge in [0.05, 0.1) is 5.56 Å². The van der Waals surface area contributed by atoms with Crippen molar-refractivity contribution in [1.82, 2.24) is 0 Å². The van der Waals surface area contributed by atoms with Crippen LogP contribution in [0.5, 0.6) is 0 Å². The van der Waals surface area contributed by atoms with E-state index in [9.17, 15) is 0 Å². The van der Waals surface area contributed by atoms with Crippen molar-refractivity contribution in [3.63, 3.8) is 0 Å². The molecule has 1 aromatic carbocycles. The van der Waals surface area contributed by atoms with Crippen LogP contribution >= 0.6 is 11.3 Å². The summed E-state index contributed by atoms with van der Waals surface area (Å²) in [6, 6.07) is 13.7. The van der Waals surface area contributed by atoms with Gasteiger partial charge >= 0.3 is 0 Å². The van der Waals surface area contributed by atoms with Crippen LogP contribution in [0, 0.1) is 6.92 Å². The predicted octanol–water partition coefficient (Wildman–Crippen LogP) is 4.09. The summed E-state index contributed by atoms with van der Waals surface area (Å²) in [7, 11) is 0. The molecule has 0 N–H and O–H groups in total. The summed E-state index contributed by atoms with van der Waals surface area (Å²) in [5.41, 5.74) is 4.20. The van der Waals surface area contributed by atoms with E-state index in [0.717, 1.165) is 0 Å². The van der Waals surface area contributed by atoms with Gasteiger partial charge in [0.1, 0.15) is 4.88 Å². The molecule has 1 aliphatic rings. The monoisotopic (exact) mass is 252 g/mol. The third-order valence-electron chi connectivity index (χ3n) is 3.84. The van der Waals surface area contributed by atoms with Gasteiger partial charge in [-0.05, 0) is 24.6 Å². The van der Waals surface area contributed by atoms with Crippen molar-refractivity contribution in [2.45, 2.75) is 19.9 Å². The second-order valence-electron chi connectivity index (χ2n) is 5.01. The van der Waals surface area contributed by atoms with Gasteiger partial charge in [-0.2, -0.15) is 4.57 Å². The van der Waals surface area contributed by atoms with E-state index in [-0.39, 0.29) is 0 Å². The minimum atomic E-state index is 0.452. The number of aryl methyl sites for hydroxylation is 1. The molecule has 18 heavy (non-hydrogen) atoms. The molecule has 88 valence electrons. The number of nitrogens with zero attached hydrogens (tertiary/aromatic N) is 1. The van der Waals surface area contributed by atoms with E-state index in [1.54, 1.807) is 0 Å². The third-order valence-corrected chi connectivity index (χ3v) is 5.03. The summed E-state index contributed by atoms with van der Waals surface area (Å²) in [5.74, 6) is 0. The summed E-state index contributed by atoms with van der Waals surface area (Å²) >= 11 is 1.93. The second-order valence-corrected chi connectivity index (χ2v) is 6.07. The Morgan fingerprint density at radius 1 is 1.17 bits per heavy atom. The van der Waals surface area contributed by atoms with E-state index >= 15 is 0 Å². The Bertz CT molecular complexity index is 770. The van der Waals surface area contributed by atoms with E-state index in [0.29, 0.717) is 6.04 Å². The second kappa shape index (κ2) is 3.42. The number of thiophene rings is 1. The number of rotatable bonds is 0. The van der Waals surface area contributed by atoms with Crippen molar-refractivity contribution in [3.8, 4) is 10.6 Å². The molecule has 0 amide bonds. The zero-order valence-electron chi connectivity index (χ0n) is 10.5. The Kier molecular flexibility index (Phi) is 1.95. The Morgan fingerprint density at radius 2 is 2.06 bits per heavy atom. The molecule has 1 atom stereocenters. The molecule has 0 spiro atoms.